The van der Waals surface area contributed by atoms with Crippen molar-refractivity contribution in [2.45, 2.75) is 51.0 Å². The first-order chi connectivity index (χ1) is 9.25. The molecule has 2 saturated heterocycles. The zero-order chi connectivity index (χ0) is 13.5. The SMILES string of the molecule is O=C(CCC1CCCCN1)NCC(=O)N1CCCC1. The lowest BCUT2D eigenvalue weighted by Gasteiger charge is -2.23. The van der Waals surface area contributed by atoms with Crippen LogP contribution in [-0.2, 0) is 9.59 Å². The van der Waals surface area contributed by atoms with E-state index in [0.717, 1.165) is 38.9 Å². The molecule has 0 bridgehead atoms. The van der Waals surface area contributed by atoms with E-state index in [1.54, 1.807) is 0 Å². The predicted molar refractivity (Wildman–Crippen MR) is 73.7 cm³/mol. The predicted octanol–water partition coefficient (Wildman–Crippen LogP) is 0.647. The van der Waals surface area contributed by atoms with Gasteiger partial charge in [0.15, 0.2) is 0 Å². The van der Waals surface area contributed by atoms with E-state index in [4.69, 9.17) is 0 Å². The molecule has 2 amide bonds. The molecule has 2 aliphatic heterocycles. The Kier molecular flexibility index (Phi) is 5.63. The third-order valence-corrected chi connectivity index (χ3v) is 4.03. The number of amides is 2. The number of hydrogen-bond acceptors (Lipinski definition) is 3. The number of carbonyl (C=O) groups is 2. The molecule has 0 radical (unpaired) electrons. The Morgan fingerprint density at radius 1 is 1.16 bits per heavy atom. The molecule has 0 aromatic heterocycles. The first-order valence-corrected chi connectivity index (χ1v) is 7.53. The van der Waals surface area contributed by atoms with E-state index in [0.29, 0.717) is 12.5 Å². The Hall–Kier alpha value is -1.10. The first-order valence-electron chi connectivity index (χ1n) is 7.53. The molecule has 0 aromatic carbocycles. The van der Waals surface area contributed by atoms with Gasteiger partial charge in [0.2, 0.25) is 11.8 Å². The quantitative estimate of drug-likeness (QED) is 0.769. The number of rotatable bonds is 5. The molecule has 2 fully saturated rings. The molecule has 1 unspecified atom stereocenters. The first kappa shape index (κ1) is 14.3. The monoisotopic (exact) mass is 267 g/mol. The maximum atomic E-state index is 11.8. The summed E-state index contributed by atoms with van der Waals surface area (Å²) in [5, 5.41) is 6.17. The van der Waals surface area contributed by atoms with Gasteiger partial charge in [-0.2, -0.15) is 0 Å². The molecule has 5 heteroatoms. The van der Waals surface area contributed by atoms with Crippen LogP contribution in [0.5, 0.6) is 0 Å². The third-order valence-electron chi connectivity index (χ3n) is 4.03. The number of likely N-dealkylation sites (tertiary alicyclic amines) is 1. The van der Waals surface area contributed by atoms with Crippen molar-refractivity contribution >= 4 is 11.8 Å². The van der Waals surface area contributed by atoms with Gasteiger partial charge in [-0.05, 0) is 38.6 Å². The second-order valence-electron chi connectivity index (χ2n) is 5.55. The van der Waals surface area contributed by atoms with Gasteiger partial charge in [0.25, 0.3) is 0 Å². The number of nitrogens with zero attached hydrogens (tertiary/aromatic N) is 1. The van der Waals surface area contributed by atoms with Crippen molar-refractivity contribution in [2.75, 3.05) is 26.2 Å². The maximum absolute atomic E-state index is 11.8. The molecule has 0 aromatic rings. The van der Waals surface area contributed by atoms with Crippen LogP contribution in [0.15, 0.2) is 0 Å². The minimum absolute atomic E-state index is 0.0000737. The summed E-state index contributed by atoms with van der Waals surface area (Å²) in [6.45, 7) is 2.93. The van der Waals surface area contributed by atoms with Crippen LogP contribution in [0, 0.1) is 0 Å². The van der Waals surface area contributed by atoms with E-state index in [2.05, 4.69) is 10.6 Å². The summed E-state index contributed by atoms with van der Waals surface area (Å²) in [5.41, 5.74) is 0. The summed E-state index contributed by atoms with van der Waals surface area (Å²) in [4.78, 5) is 25.3. The molecular weight excluding hydrogens is 242 g/mol. The van der Waals surface area contributed by atoms with Gasteiger partial charge in [0.1, 0.15) is 0 Å². The molecule has 1 atom stereocenters. The Labute approximate surface area is 115 Å². The van der Waals surface area contributed by atoms with E-state index >= 15 is 0 Å². The van der Waals surface area contributed by atoms with Crippen molar-refractivity contribution in [3.8, 4) is 0 Å². The fourth-order valence-corrected chi connectivity index (χ4v) is 2.82. The molecule has 2 aliphatic rings. The van der Waals surface area contributed by atoms with Crippen LogP contribution in [0.1, 0.15) is 44.9 Å². The van der Waals surface area contributed by atoms with Gasteiger partial charge in [-0.3, -0.25) is 9.59 Å². The van der Waals surface area contributed by atoms with Crippen LogP contribution in [0.25, 0.3) is 0 Å². The van der Waals surface area contributed by atoms with Gasteiger partial charge in [-0.1, -0.05) is 6.42 Å². The molecular formula is C14H25N3O2. The van der Waals surface area contributed by atoms with Crippen LogP contribution in [-0.4, -0.2) is 48.9 Å². The van der Waals surface area contributed by atoms with Gasteiger partial charge in [0.05, 0.1) is 6.54 Å². The molecule has 2 heterocycles. The van der Waals surface area contributed by atoms with Gasteiger partial charge in [-0.15, -0.1) is 0 Å². The largest absolute Gasteiger partial charge is 0.347 e. The highest BCUT2D eigenvalue weighted by molar-refractivity contribution is 5.84. The fraction of sp³-hybridized carbons (Fsp3) is 0.857. The number of piperidine rings is 1. The fourth-order valence-electron chi connectivity index (χ4n) is 2.82. The average Bonchev–Trinajstić information content (AvgIpc) is 2.98. The van der Waals surface area contributed by atoms with Gasteiger partial charge >= 0.3 is 0 Å². The molecule has 19 heavy (non-hydrogen) atoms. The standard InChI is InChI=1S/C14H25N3O2/c18-13(7-6-12-5-1-2-8-15-12)16-11-14(19)17-9-3-4-10-17/h12,15H,1-11H2,(H,16,18). The lowest BCUT2D eigenvalue weighted by Crippen LogP contribution is -2.39. The van der Waals surface area contributed by atoms with Crippen LogP contribution < -0.4 is 10.6 Å². The minimum Gasteiger partial charge on any atom is -0.347 e. The van der Waals surface area contributed by atoms with Crippen molar-refractivity contribution in [3.05, 3.63) is 0 Å². The average molecular weight is 267 g/mol. The maximum Gasteiger partial charge on any atom is 0.241 e. The van der Waals surface area contributed by atoms with E-state index < -0.39 is 0 Å². The zero-order valence-electron chi connectivity index (χ0n) is 11.6. The highest BCUT2D eigenvalue weighted by atomic mass is 16.2. The summed E-state index contributed by atoms with van der Waals surface area (Å²) in [5.74, 6) is 0.0570. The molecule has 2 N–H and O–H groups in total. The molecule has 0 saturated carbocycles. The lowest BCUT2D eigenvalue weighted by atomic mass is 10.0. The zero-order valence-corrected chi connectivity index (χ0v) is 11.6. The lowest BCUT2D eigenvalue weighted by molar-refractivity contribution is -0.132. The molecule has 0 aliphatic carbocycles. The molecule has 108 valence electrons. The number of nitrogens with one attached hydrogen (secondary N) is 2. The van der Waals surface area contributed by atoms with Crippen molar-refractivity contribution in [1.82, 2.24) is 15.5 Å². The topological polar surface area (TPSA) is 61.4 Å². The highest BCUT2D eigenvalue weighted by Gasteiger charge is 2.18. The summed E-state index contributed by atoms with van der Waals surface area (Å²) in [6.07, 6.45) is 7.24. The Morgan fingerprint density at radius 3 is 2.63 bits per heavy atom. The van der Waals surface area contributed by atoms with Crippen LogP contribution in [0.4, 0.5) is 0 Å². The van der Waals surface area contributed by atoms with Crippen LogP contribution in [0.3, 0.4) is 0 Å². The van der Waals surface area contributed by atoms with Gasteiger partial charge in [0, 0.05) is 25.6 Å². The van der Waals surface area contributed by atoms with E-state index in [-0.39, 0.29) is 18.4 Å². The van der Waals surface area contributed by atoms with Crippen LogP contribution >= 0.6 is 0 Å². The van der Waals surface area contributed by atoms with E-state index in [1.807, 2.05) is 4.90 Å². The van der Waals surface area contributed by atoms with Gasteiger partial charge in [-0.25, -0.2) is 0 Å². The second-order valence-corrected chi connectivity index (χ2v) is 5.55. The normalized spacial score (nSPS) is 23.4. The number of carbonyl (C=O) groups excluding carboxylic acids is 2. The summed E-state index contributed by atoms with van der Waals surface area (Å²) in [7, 11) is 0. The van der Waals surface area contributed by atoms with Crippen molar-refractivity contribution in [3.63, 3.8) is 0 Å². The van der Waals surface area contributed by atoms with Crippen molar-refractivity contribution < 1.29 is 9.59 Å². The summed E-state index contributed by atoms with van der Waals surface area (Å²) in [6, 6.07) is 0.480. The smallest absolute Gasteiger partial charge is 0.241 e. The summed E-state index contributed by atoms with van der Waals surface area (Å²) < 4.78 is 0. The van der Waals surface area contributed by atoms with E-state index in [9.17, 15) is 9.59 Å². The van der Waals surface area contributed by atoms with Crippen LogP contribution in [0.2, 0.25) is 0 Å². The Bertz CT molecular complexity index is 308. The third kappa shape index (κ3) is 4.82. The minimum atomic E-state index is -0.0000737. The molecule has 5 nitrogen and oxygen atoms in total. The Balaban J connectivity index is 1.57. The molecule has 2 rings (SSSR count). The van der Waals surface area contributed by atoms with E-state index in [1.165, 1.54) is 19.3 Å². The Morgan fingerprint density at radius 2 is 1.95 bits per heavy atom. The molecule has 0 spiro atoms. The van der Waals surface area contributed by atoms with Gasteiger partial charge < -0.3 is 15.5 Å². The van der Waals surface area contributed by atoms with Crippen molar-refractivity contribution in [1.29, 1.82) is 0 Å². The highest BCUT2D eigenvalue weighted by Crippen LogP contribution is 2.11. The summed E-state index contributed by atoms with van der Waals surface area (Å²) >= 11 is 0. The number of hydrogen-bond donors (Lipinski definition) is 2. The second kappa shape index (κ2) is 7.48. The van der Waals surface area contributed by atoms with Crippen molar-refractivity contribution in [2.24, 2.45) is 0 Å².